The van der Waals surface area contributed by atoms with Crippen molar-refractivity contribution in [3.8, 4) is 5.75 Å². The van der Waals surface area contributed by atoms with Gasteiger partial charge in [-0.1, -0.05) is 18.2 Å². The van der Waals surface area contributed by atoms with Crippen LogP contribution in [0.2, 0.25) is 0 Å². The highest BCUT2D eigenvalue weighted by Gasteiger charge is 2.10. The molecule has 0 aliphatic heterocycles. The summed E-state index contributed by atoms with van der Waals surface area (Å²) in [6.45, 7) is 2.58. The molecule has 0 saturated carbocycles. The lowest BCUT2D eigenvalue weighted by atomic mass is 10.2. The first-order valence-corrected chi connectivity index (χ1v) is 9.34. The molecule has 6 nitrogen and oxygen atoms in total. The quantitative estimate of drug-likeness (QED) is 0.488. The van der Waals surface area contributed by atoms with E-state index in [0.29, 0.717) is 18.0 Å². The Morgan fingerprint density at radius 1 is 0.931 bits per heavy atom. The van der Waals surface area contributed by atoms with Crippen molar-refractivity contribution >= 4 is 33.9 Å². The van der Waals surface area contributed by atoms with Crippen molar-refractivity contribution < 1.29 is 9.53 Å². The van der Waals surface area contributed by atoms with Gasteiger partial charge in [-0.3, -0.25) is 9.78 Å². The topological polar surface area (TPSA) is 76.1 Å². The number of nitrogens with one attached hydrogen (secondary N) is 2. The number of fused-ring (bicyclic) bond motifs is 1. The van der Waals surface area contributed by atoms with Gasteiger partial charge in [0, 0.05) is 17.3 Å². The molecule has 0 saturated heterocycles. The van der Waals surface area contributed by atoms with E-state index in [1.807, 2.05) is 67.6 Å². The molecule has 0 unspecified atom stereocenters. The lowest BCUT2D eigenvalue weighted by Crippen LogP contribution is -2.14. The van der Waals surface area contributed by atoms with E-state index in [4.69, 9.17) is 4.74 Å². The normalized spacial score (nSPS) is 10.5. The van der Waals surface area contributed by atoms with Crippen LogP contribution in [0.4, 0.5) is 17.1 Å². The number of carbonyl (C=O) groups is 1. The fourth-order valence-electron chi connectivity index (χ4n) is 2.96. The molecular weight excluding hydrogens is 364 g/mol. The van der Waals surface area contributed by atoms with Gasteiger partial charge in [-0.25, -0.2) is 4.98 Å². The molecule has 4 rings (SSSR count). The Bertz CT molecular complexity index is 1120. The zero-order valence-electron chi connectivity index (χ0n) is 15.9. The molecule has 29 heavy (non-hydrogen) atoms. The number of amides is 1. The van der Waals surface area contributed by atoms with Crippen molar-refractivity contribution in [3.63, 3.8) is 0 Å². The van der Waals surface area contributed by atoms with Crippen LogP contribution >= 0.6 is 0 Å². The lowest BCUT2D eigenvalue weighted by Gasteiger charge is -2.09. The van der Waals surface area contributed by atoms with Gasteiger partial charge in [-0.2, -0.15) is 0 Å². The summed E-state index contributed by atoms with van der Waals surface area (Å²) in [5.41, 5.74) is 3.44. The monoisotopic (exact) mass is 384 g/mol. The van der Waals surface area contributed by atoms with Crippen LogP contribution in [0.3, 0.4) is 0 Å². The van der Waals surface area contributed by atoms with Crippen LogP contribution in [0.1, 0.15) is 17.4 Å². The SMILES string of the molecule is CCOc1ccc(Nc2ccc(C(=O)Nc3cccc4cccnc34)nc2)cc1. The van der Waals surface area contributed by atoms with Crippen LogP contribution in [-0.4, -0.2) is 22.5 Å². The molecule has 0 spiro atoms. The van der Waals surface area contributed by atoms with Crippen molar-refractivity contribution in [3.05, 3.63) is 84.8 Å². The predicted molar refractivity (Wildman–Crippen MR) is 115 cm³/mol. The van der Waals surface area contributed by atoms with Gasteiger partial charge < -0.3 is 15.4 Å². The van der Waals surface area contributed by atoms with Crippen LogP contribution in [0.25, 0.3) is 10.9 Å². The Labute approximate surface area is 168 Å². The highest BCUT2D eigenvalue weighted by molar-refractivity contribution is 6.07. The molecule has 6 heteroatoms. The molecular formula is C23H20N4O2. The Balaban J connectivity index is 1.45. The van der Waals surface area contributed by atoms with Gasteiger partial charge in [0.05, 0.1) is 29.7 Å². The zero-order chi connectivity index (χ0) is 20.1. The summed E-state index contributed by atoms with van der Waals surface area (Å²) < 4.78 is 5.44. The standard InChI is InChI=1S/C23H20N4O2/c1-2-29-19-11-8-17(9-12-19)26-18-10-13-21(25-15-18)23(28)27-20-7-3-5-16-6-4-14-24-22(16)20/h3-15,26H,2H2,1H3,(H,27,28). The van der Waals surface area contributed by atoms with Gasteiger partial charge in [-0.15, -0.1) is 0 Å². The van der Waals surface area contributed by atoms with E-state index >= 15 is 0 Å². The number of benzene rings is 2. The maximum atomic E-state index is 12.6. The van der Waals surface area contributed by atoms with E-state index in [-0.39, 0.29) is 5.91 Å². The first kappa shape index (κ1) is 18.4. The smallest absolute Gasteiger partial charge is 0.274 e. The van der Waals surface area contributed by atoms with Crippen LogP contribution < -0.4 is 15.4 Å². The Morgan fingerprint density at radius 3 is 2.48 bits per heavy atom. The number of hydrogen-bond acceptors (Lipinski definition) is 5. The number of pyridine rings is 2. The maximum absolute atomic E-state index is 12.6. The minimum Gasteiger partial charge on any atom is -0.494 e. The Morgan fingerprint density at radius 2 is 1.72 bits per heavy atom. The third-order valence-corrected chi connectivity index (χ3v) is 4.33. The summed E-state index contributed by atoms with van der Waals surface area (Å²) in [6, 6.07) is 20.7. The van der Waals surface area contributed by atoms with Gasteiger partial charge in [0.25, 0.3) is 5.91 Å². The number of hydrogen-bond donors (Lipinski definition) is 2. The van der Waals surface area contributed by atoms with Crippen molar-refractivity contribution in [2.24, 2.45) is 0 Å². The van der Waals surface area contributed by atoms with Gasteiger partial charge in [0.2, 0.25) is 0 Å². The first-order valence-electron chi connectivity index (χ1n) is 9.34. The highest BCUT2D eigenvalue weighted by atomic mass is 16.5. The molecule has 2 aromatic heterocycles. The maximum Gasteiger partial charge on any atom is 0.274 e. The van der Waals surface area contributed by atoms with E-state index in [1.165, 1.54) is 0 Å². The summed E-state index contributed by atoms with van der Waals surface area (Å²) >= 11 is 0. The van der Waals surface area contributed by atoms with E-state index in [1.54, 1.807) is 18.5 Å². The average Bonchev–Trinajstić information content (AvgIpc) is 2.76. The molecule has 0 aliphatic carbocycles. The number of para-hydroxylation sites is 1. The van der Waals surface area contributed by atoms with E-state index in [0.717, 1.165) is 28.0 Å². The van der Waals surface area contributed by atoms with Gasteiger partial charge in [-0.05, 0) is 55.5 Å². The summed E-state index contributed by atoms with van der Waals surface area (Å²) in [7, 11) is 0. The molecule has 2 N–H and O–H groups in total. The highest BCUT2D eigenvalue weighted by Crippen LogP contribution is 2.22. The summed E-state index contributed by atoms with van der Waals surface area (Å²) in [6.07, 6.45) is 3.34. The number of carbonyl (C=O) groups excluding carboxylic acids is 1. The van der Waals surface area contributed by atoms with Crippen molar-refractivity contribution in [2.45, 2.75) is 6.92 Å². The molecule has 144 valence electrons. The largest absolute Gasteiger partial charge is 0.494 e. The number of ether oxygens (including phenoxy) is 1. The molecule has 0 fully saturated rings. The summed E-state index contributed by atoms with van der Waals surface area (Å²) in [5.74, 6) is 0.543. The molecule has 4 aromatic rings. The van der Waals surface area contributed by atoms with E-state index in [2.05, 4.69) is 20.6 Å². The molecule has 0 atom stereocenters. The Kier molecular flexibility index (Phi) is 5.33. The second kappa shape index (κ2) is 8.39. The molecule has 2 aromatic carbocycles. The number of anilines is 3. The van der Waals surface area contributed by atoms with E-state index < -0.39 is 0 Å². The lowest BCUT2D eigenvalue weighted by molar-refractivity contribution is 0.102. The molecule has 0 bridgehead atoms. The summed E-state index contributed by atoms with van der Waals surface area (Å²) in [4.78, 5) is 21.2. The van der Waals surface area contributed by atoms with Crippen LogP contribution in [0, 0.1) is 0 Å². The van der Waals surface area contributed by atoms with Gasteiger partial charge in [0.15, 0.2) is 0 Å². The van der Waals surface area contributed by atoms with Crippen molar-refractivity contribution in [1.29, 1.82) is 0 Å². The minimum absolute atomic E-state index is 0.282. The fraction of sp³-hybridized carbons (Fsp3) is 0.0870. The number of aromatic nitrogens is 2. The average molecular weight is 384 g/mol. The van der Waals surface area contributed by atoms with Crippen LogP contribution in [0.15, 0.2) is 79.1 Å². The van der Waals surface area contributed by atoms with Gasteiger partial charge >= 0.3 is 0 Å². The van der Waals surface area contributed by atoms with Crippen LogP contribution in [-0.2, 0) is 0 Å². The first-order chi connectivity index (χ1) is 14.2. The number of nitrogens with zero attached hydrogens (tertiary/aromatic N) is 2. The van der Waals surface area contributed by atoms with Crippen molar-refractivity contribution in [1.82, 2.24) is 9.97 Å². The molecule has 2 heterocycles. The Hall–Kier alpha value is -3.93. The predicted octanol–water partition coefficient (Wildman–Crippen LogP) is 5.02. The molecule has 0 aliphatic rings. The third kappa shape index (κ3) is 4.32. The molecule has 1 amide bonds. The molecule has 0 radical (unpaired) electrons. The van der Waals surface area contributed by atoms with Crippen LogP contribution in [0.5, 0.6) is 5.75 Å². The second-order valence-corrected chi connectivity index (χ2v) is 6.35. The fourth-order valence-corrected chi connectivity index (χ4v) is 2.96. The third-order valence-electron chi connectivity index (χ3n) is 4.33. The minimum atomic E-state index is -0.282. The van der Waals surface area contributed by atoms with Gasteiger partial charge in [0.1, 0.15) is 11.4 Å². The van der Waals surface area contributed by atoms with E-state index in [9.17, 15) is 4.79 Å². The second-order valence-electron chi connectivity index (χ2n) is 6.35. The summed E-state index contributed by atoms with van der Waals surface area (Å²) in [5, 5.41) is 7.11. The van der Waals surface area contributed by atoms with Crippen molar-refractivity contribution in [2.75, 3.05) is 17.2 Å². The number of rotatable bonds is 6. The zero-order valence-corrected chi connectivity index (χ0v) is 15.9.